The monoisotopic (exact) mass is 330 g/mol. The molecule has 0 unspecified atom stereocenters. The number of para-hydroxylation sites is 1. The van der Waals surface area contributed by atoms with E-state index in [-0.39, 0.29) is 11.7 Å². The third kappa shape index (κ3) is 3.07. The zero-order valence-electron chi connectivity index (χ0n) is 12.8. The van der Waals surface area contributed by atoms with Crippen LogP contribution in [0.5, 0.6) is 0 Å². The standard InChI is InChI=1S/C17H18N2O3S/c1-2-23(21,22)19-11-10-13-12-14(8-9-16(13)19)17(20)18-15-6-4-3-5-7-15/h3-9,12H,2,10-11H2,1H3,(H,18,20). The summed E-state index contributed by atoms with van der Waals surface area (Å²) >= 11 is 0. The molecule has 120 valence electrons. The van der Waals surface area contributed by atoms with Crippen LogP contribution in [-0.4, -0.2) is 26.6 Å². The molecule has 3 rings (SSSR count). The molecule has 0 aliphatic carbocycles. The highest BCUT2D eigenvalue weighted by atomic mass is 32.2. The van der Waals surface area contributed by atoms with Crippen LogP contribution < -0.4 is 9.62 Å². The number of sulfonamides is 1. The van der Waals surface area contributed by atoms with Crippen molar-refractivity contribution < 1.29 is 13.2 Å². The molecule has 1 amide bonds. The minimum atomic E-state index is -3.26. The third-order valence-corrected chi connectivity index (χ3v) is 5.71. The van der Waals surface area contributed by atoms with Crippen LogP contribution in [0.25, 0.3) is 0 Å². The van der Waals surface area contributed by atoms with Gasteiger partial charge in [-0.3, -0.25) is 9.10 Å². The minimum absolute atomic E-state index is 0.0721. The number of hydrogen-bond acceptors (Lipinski definition) is 3. The molecule has 5 nitrogen and oxygen atoms in total. The number of anilines is 2. The first kappa shape index (κ1) is 15.6. The quantitative estimate of drug-likeness (QED) is 0.937. The van der Waals surface area contributed by atoms with E-state index in [2.05, 4.69) is 5.32 Å². The first-order chi connectivity index (χ1) is 11.0. The van der Waals surface area contributed by atoms with Gasteiger partial charge in [-0.15, -0.1) is 0 Å². The molecule has 0 saturated carbocycles. The highest BCUT2D eigenvalue weighted by molar-refractivity contribution is 7.92. The molecule has 23 heavy (non-hydrogen) atoms. The van der Waals surface area contributed by atoms with E-state index in [1.165, 1.54) is 4.31 Å². The van der Waals surface area contributed by atoms with Crippen molar-refractivity contribution in [2.24, 2.45) is 0 Å². The minimum Gasteiger partial charge on any atom is -0.322 e. The van der Waals surface area contributed by atoms with Gasteiger partial charge in [0, 0.05) is 17.8 Å². The predicted molar refractivity (Wildman–Crippen MR) is 91.3 cm³/mol. The number of hydrogen-bond donors (Lipinski definition) is 1. The first-order valence-electron chi connectivity index (χ1n) is 7.51. The number of nitrogens with one attached hydrogen (secondary N) is 1. The summed E-state index contributed by atoms with van der Waals surface area (Å²) in [5.74, 6) is -0.126. The number of fused-ring (bicyclic) bond motifs is 1. The normalized spacial score (nSPS) is 13.7. The number of nitrogens with zero attached hydrogens (tertiary/aromatic N) is 1. The number of amides is 1. The van der Waals surface area contributed by atoms with Crippen molar-refractivity contribution in [3.8, 4) is 0 Å². The maximum atomic E-state index is 12.3. The largest absolute Gasteiger partial charge is 0.322 e. The van der Waals surface area contributed by atoms with Gasteiger partial charge < -0.3 is 5.32 Å². The van der Waals surface area contributed by atoms with Crippen molar-refractivity contribution in [2.75, 3.05) is 21.9 Å². The van der Waals surface area contributed by atoms with Crippen molar-refractivity contribution in [3.05, 3.63) is 59.7 Å². The third-order valence-electron chi connectivity index (χ3n) is 3.93. The summed E-state index contributed by atoms with van der Waals surface area (Å²) in [7, 11) is -3.26. The molecule has 0 spiro atoms. The van der Waals surface area contributed by atoms with Crippen molar-refractivity contribution >= 4 is 27.3 Å². The molecular weight excluding hydrogens is 312 g/mol. The highest BCUT2D eigenvalue weighted by Gasteiger charge is 2.28. The molecule has 1 aliphatic rings. The zero-order chi connectivity index (χ0) is 16.4. The summed E-state index contributed by atoms with van der Waals surface area (Å²) in [5, 5.41) is 2.83. The van der Waals surface area contributed by atoms with Gasteiger partial charge in [0.25, 0.3) is 5.91 Å². The Labute approximate surface area is 136 Å². The topological polar surface area (TPSA) is 66.5 Å². The Morgan fingerprint density at radius 3 is 2.61 bits per heavy atom. The smallest absolute Gasteiger partial charge is 0.255 e. The number of rotatable bonds is 4. The molecule has 1 heterocycles. The van der Waals surface area contributed by atoms with Gasteiger partial charge in [0.2, 0.25) is 10.0 Å². The van der Waals surface area contributed by atoms with Crippen LogP contribution in [0.1, 0.15) is 22.8 Å². The Hall–Kier alpha value is -2.34. The number of carbonyl (C=O) groups excluding carboxylic acids is 1. The Morgan fingerprint density at radius 2 is 1.91 bits per heavy atom. The lowest BCUT2D eigenvalue weighted by Crippen LogP contribution is -2.30. The molecule has 2 aromatic carbocycles. The molecule has 1 aliphatic heterocycles. The number of carbonyl (C=O) groups is 1. The Kier molecular flexibility index (Phi) is 4.09. The van der Waals surface area contributed by atoms with E-state index in [9.17, 15) is 13.2 Å². The second kappa shape index (κ2) is 6.04. The fourth-order valence-corrected chi connectivity index (χ4v) is 3.84. The van der Waals surface area contributed by atoms with Crippen LogP contribution >= 0.6 is 0 Å². The summed E-state index contributed by atoms with van der Waals surface area (Å²) < 4.78 is 25.6. The van der Waals surface area contributed by atoms with Crippen LogP contribution in [-0.2, 0) is 16.4 Å². The first-order valence-corrected chi connectivity index (χ1v) is 9.12. The van der Waals surface area contributed by atoms with Gasteiger partial charge in [-0.1, -0.05) is 18.2 Å². The van der Waals surface area contributed by atoms with Gasteiger partial charge in [-0.2, -0.15) is 0 Å². The fourth-order valence-electron chi connectivity index (χ4n) is 2.68. The second-order valence-electron chi connectivity index (χ2n) is 5.39. The highest BCUT2D eigenvalue weighted by Crippen LogP contribution is 2.31. The van der Waals surface area contributed by atoms with E-state index in [0.717, 1.165) is 11.3 Å². The van der Waals surface area contributed by atoms with E-state index in [1.807, 2.05) is 30.3 Å². The lowest BCUT2D eigenvalue weighted by atomic mass is 10.1. The van der Waals surface area contributed by atoms with Crippen molar-refractivity contribution in [3.63, 3.8) is 0 Å². The lowest BCUT2D eigenvalue weighted by molar-refractivity contribution is 0.102. The maximum Gasteiger partial charge on any atom is 0.255 e. The average molecular weight is 330 g/mol. The van der Waals surface area contributed by atoms with Gasteiger partial charge in [0.1, 0.15) is 0 Å². The summed E-state index contributed by atoms with van der Waals surface area (Å²) in [6.45, 7) is 2.07. The Bertz CT molecular complexity index is 832. The molecule has 0 bridgehead atoms. The van der Waals surface area contributed by atoms with Crippen LogP contribution in [0.15, 0.2) is 48.5 Å². The summed E-state index contributed by atoms with van der Waals surface area (Å²) in [5.41, 5.74) is 2.84. The lowest BCUT2D eigenvalue weighted by Gasteiger charge is -2.18. The molecule has 6 heteroatoms. The van der Waals surface area contributed by atoms with E-state index in [1.54, 1.807) is 25.1 Å². The predicted octanol–water partition coefficient (Wildman–Crippen LogP) is 2.65. The van der Waals surface area contributed by atoms with E-state index in [4.69, 9.17) is 0 Å². The summed E-state index contributed by atoms with van der Waals surface area (Å²) in [6.07, 6.45) is 0.626. The second-order valence-corrected chi connectivity index (χ2v) is 7.57. The van der Waals surface area contributed by atoms with E-state index < -0.39 is 10.0 Å². The molecular formula is C17H18N2O3S. The van der Waals surface area contributed by atoms with Gasteiger partial charge in [0.15, 0.2) is 0 Å². The van der Waals surface area contributed by atoms with E-state index >= 15 is 0 Å². The Morgan fingerprint density at radius 1 is 1.17 bits per heavy atom. The maximum absolute atomic E-state index is 12.3. The van der Waals surface area contributed by atoms with Gasteiger partial charge in [0.05, 0.1) is 11.4 Å². The fraction of sp³-hybridized carbons (Fsp3) is 0.235. The van der Waals surface area contributed by atoms with Gasteiger partial charge in [-0.05, 0) is 49.2 Å². The Balaban J connectivity index is 1.84. The van der Waals surface area contributed by atoms with Crippen molar-refractivity contribution in [1.29, 1.82) is 0 Å². The average Bonchev–Trinajstić information content (AvgIpc) is 2.99. The van der Waals surface area contributed by atoms with Gasteiger partial charge in [-0.25, -0.2) is 8.42 Å². The molecule has 0 saturated heterocycles. The van der Waals surface area contributed by atoms with Crippen LogP contribution in [0, 0.1) is 0 Å². The molecule has 0 aromatic heterocycles. The van der Waals surface area contributed by atoms with Gasteiger partial charge >= 0.3 is 0 Å². The van der Waals surface area contributed by atoms with Crippen LogP contribution in [0.2, 0.25) is 0 Å². The molecule has 0 radical (unpaired) electrons. The summed E-state index contributed by atoms with van der Waals surface area (Å²) in [4.78, 5) is 12.3. The molecule has 1 N–H and O–H groups in total. The molecule has 2 aromatic rings. The summed E-state index contributed by atoms with van der Waals surface area (Å²) in [6, 6.07) is 14.4. The van der Waals surface area contributed by atoms with Crippen molar-refractivity contribution in [1.82, 2.24) is 0 Å². The van der Waals surface area contributed by atoms with Crippen LogP contribution in [0.3, 0.4) is 0 Å². The van der Waals surface area contributed by atoms with E-state index in [0.29, 0.717) is 24.2 Å². The zero-order valence-corrected chi connectivity index (χ0v) is 13.6. The SMILES string of the molecule is CCS(=O)(=O)N1CCc2cc(C(=O)Nc3ccccc3)ccc21. The molecule has 0 atom stereocenters. The number of benzene rings is 2. The van der Waals surface area contributed by atoms with Crippen LogP contribution in [0.4, 0.5) is 11.4 Å². The van der Waals surface area contributed by atoms with Crippen molar-refractivity contribution in [2.45, 2.75) is 13.3 Å². The molecule has 0 fully saturated rings.